The normalized spacial score (nSPS) is 11.5. The van der Waals surface area contributed by atoms with E-state index in [-0.39, 0.29) is 12.4 Å². The van der Waals surface area contributed by atoms with Gasteiger partial charge in [-0.2, -0.15) is 0 Å². The molecular formula is C31H46FNO9. The van der Waals surface area contributed by atoms with Gasteiger partial charge in [-0.25, -0.2) is 9.18 Å². The largest absolute Gasteiger partial charge is 0.489 e. The van der Waals surface area contributed by atoms with Gasteiger partial charge in [-0.3, -0.25) is 0 Å². The minimum absolute atomic E-state index is 0.00662. The van der Waals surface area contributed by atoms with Crippen molar-refractivity contribution in [2.45, 2.75) is 39.5 Å². The summed E-state index contributed by atoms with van der Waals surface area (Å²) in [5.74, 6) is 0.357. The van der Waals surface area contributed by atoms with E-state index in [9.17, 15) is 9.18 Å². The Labute approximate surface area is 248 Å². The van der Waals surface area contributed by atoms with E-state index in [0.717, 1.165) is 11.1 Å². The lowest BCUT2D eigenvalue weighted by molar-refractivity contribution is -0.0157. The molecule has 2 aromatic rings. The topological polar surface area (TPSA) is 105 Å². The standard InChI is InChI=1S/C31H46FNO9/c1-31(2,3)42-30(35)33(11-13-36-15-17-38-19-21-40-22-20-39-18-16-37-14-12-34)24-27-5-4-6-29(23-27)41-25-26-7-9-28(32)10-8-26/h4-10,23,34H,11-22,24-25H2,1-3H3. The molecule has 2 rings (SSSR count). The molecule has 0 aromatic heterocycles. The molecule has 0 fully saturated rings. The zero-order valence-corrected chi connectivity index (χ0v) is 25.1. The quantitative estimate of drug-likeness (QED) is 0.200. The maximum Gasteiger partial charge on any atom is 0.410 e. The summed E-state index contributed by atoms with van der Waals surface area (Å²) >= 11 is 0. The number of amides is 1. The number of nitrogens with zero attached hydrogens (tertiary/aromatic N) is 1. The van der Waals surface area contributed by atoms with Gasteiger partial charge < -0.3 is 43.2 Å². The zero-order valence-electron chi connectivity index (χ0n) is 25.1. The highest BCUT2D eigenvalue weighted by Gasteiger charge is 2.22. The van der Waals surface area contributed by atoms with Gasteiger partial charge in [0.1, 0.15) is 23.8 Å². The van der Waals surface area contributed by atoms with Crippen molar-refractivity contribution < 1.29 is 47.4 Å². The summed E-state index contributed by atoms with van der Waals surface area (Å²) in [4.78, 5) is 14.5. The fourth-order valence-electron chi connectivity index (χ4n) is 3.48. The molecule has 42 heavy (non-hydrogen) atoms. The zero-order chi connectivity index (χ0) is 30.5. The second-order valence-electron chi connectivity index (χ2n) is 10.2. The monoisotopic (exact) mass is 595 g/mol. The fourth-order valence-corrected chi connectivity index (χ4v) is 3.48. The summed E-state index contributed by atoms with van der Waals surface area (Å²) in [5.41, 5.74) is 1.10. The predicted molar refractivity (Wildman–Crippen MR) is 155 cm³/mol. The average Bonchev–Trinajstić information content (AvgIpc) is 2.95. The smallest absolute Gasteiger partial charge is 0.410 e. The highest BCUT2D eigenvalue weighted by atomic mass is 19.1. The van der Waals surface area contributed by atoms with Gasteiger partial charge in [0.25, 0.3) is 0 Å². The average molecular weight is 596 g/mol. The maximum absolute atomic E-state index is 13.1. The van der Waals surface area contributed by atoms with E-state index in [1.807, 2.05) is 45.0 Å². The number of aliphatic hydroxyl groups excluding tert-OH is 1. The van der Waals surface area contributed by atoms with Crippen molar-refractivity contribution in [2.24, 2.45) is 0 Å². The Balaban J connectivity index is 1.67. The Bertz CT molecular complexity index is 985. The number of carbonyl (C=O) groups excluding carboxylic acids is 1. The minimum atomic E-state index is -0.632. The van der Waals surface area contributed by atoms with Gasteiger partial charge in [0.2, 0.25) is 0 Å². The molecule has 11 heteroatoms. The van der Waals surface area contributed by atoms with E-state index in [2.05, 4.69) is 0 Å². The van der Waals surface area contributed by atoms with Crippen molar-refractivity contribution in [1.29, 1.82) is 0 Å². The number of halogens is 1. The number of carbonyl (C=O) groups is 1. The number of ether oxygens (including phenoxy) is 7. The first-order valence-electron chi connectivity index (χ1n) is 14.2. The van der Waals surface area contributed by atoms with Crippen LogP contribution in [0.15, 0.2) is 48.5 Å². The molecule has 0 saturated carbocycles. The van der Waals surface area contributed by atoms with Crippen molar-refractivity contribution in [3.05, 3.63) is 65.5 Å². The molecule has 0 spiro atoms. The molecule has 2 aromatic carbocycles. The molecule has 0 aliphatic rings. The fraction of sp³-hybridized carbons (Fsp3) is 0.581. The molecular weight excluding hydrogens is 549 g/mol. The molecule has 0 aliphatic carbocycles. The molecule has 0 unspecified atom stereocenters. The van der Waals surface area contributed by atoms with Crippen LogP contribution in [-0.4, -0.2) is 101 Å². The first-order chi connectivity index (χ1) is 20.3. The van der Waals surface area contributed by atoms with Crippen LogP contribution in [0.1, 0.15) is 31.9 Å². The van der Waals surface area contributed by atoms with Crippen LogP contribution in [0.3, 0.4) is 0 Å². The summed E-state index contributed by atoms with van der Waals surface area (Å²) in [7, 11) is 0. The second-order valence-corrected chi connectivity index (χ2v) is 10.2. The third kappa shape index (κ3) is 17.2. The van der Waals surface area contributed by atoms with Crippen LogP contribution >= 0.6 is 0 Å². The number of aliphatic hydroxyl groups is 1. The van der Waals surface area contributed by atoms with E-state index >= 15 is 0 Å². The minimum Gasteiger partial charge on any atom is -0.489 e. The van der Waals surface area contributed by atoms with Gasteiger partial charge in [-0.05, 0) is 56.2 Å². The van der Waals surface area contributed by atoms with Crippen molar-refractivity contribution >= 4 is 6.09 Å². The molecule has 1 amide bonds. The van der Waals surface area contributed by atoms with E-state index in [1.54, 1.807) is 17.0 Å². The molecule has 10 nitrogen and oxygen atoms in total. The first-order valence-corrected chi connectivity index (χ1v) is 14.2. The first kappa shape index (κ1) is 35.4. The summed E-state index contributed by atoms with van der Waals surface area (Å²) in [6, 6.07) is 13.7. The van der Waals surface area contributed by atoms with Crippen molar-refractivity contribution in [2.75, 3.05) is 79.2 Å². The van der Waals surface area contributed by atoms with Gasteiger partial charge in [-0.15, -0.1) is 0 Å². The molecule has 0 saturated heterocycles. The van der Waals surface area contributed by atoms with Crippen molar-refractivity contribution in [3.63, 3.8) is 0 Å². The van der Waals surface area contributed by atoms with E-state index < -0.39 is 11.7 Å². The van der Waals surface area contributed by atoms with Crippen LogP contribution in [0.4, 0.5) is 9.18 Å². The van der Waals surface area contributed by atoms with E-state index in [0.29, 0.717) is 91.5 Å². The Morgan fingerprint density at radius 3 is 1.86 bits per heavy atom. The predicted octanol–water partition coefficient (Wildman–Crippen LogP) is 4.22. The number of benzene rings is 2. The summed E-state index contributed by atoms with van der Waals surface area (Å²) in [5, 5.41) is 8.61. The van der Waals surface area contributed by atoms with Gasteiger partial charge in [-0.1, -0.05) is 24.3 Å². The highest BCUT2D eigenvalue weighted by Crippen LogP contribution is 2.18. The van der Waals surface area contributed by atoms with Crippen LogP contribution in [0.25, 0.3) is 0 Å². The van der Waals surface area contributed by atoms with E-state index in [1.165, 1.54) is 12.1 Å². The third-order valence-corrected chi connectivity index (χ3v) is 5.47. The van der Waals surface area contributed by atoms with Gasteiger partial charge in [0, 0.05) is 13.1 Å². The van der Waals surface area contributed by atoms with Gasteiger partial charge >= 0.3 is 6.09 Å². The Kier molecular flexibility index (Phi) is 17.7. The number of hydrogen-bond acceptors (Lipinski definition) is 9. The van der Waals surface area contributed by atoms with Crippen molar-refractivity contribution in [3.8, 4) is 5.75 Å². The summed E-state index contributed by atoms with van der Waals surface area (Å²) < 4.78 is 51.7. The maximum atomic E-state index is 13.1. The molecule has 0 heterocycles. The third-order valence-electron chi connectivity index (χ3n) is 5.47. The highest BCUT2D eigenvalue weighted by molar-refractivity contribution is 5.68. The lowest BCUT2D eigenvalue weighted by atomic mass is 10.2. The van der Waals surface area contributed by atoms with Gasteiger partial charge in [0.15, 0.2) is 0 Å². The molecule has 1 N–H and O–H groups in total. The van der Waals surface area contributed by atoms with Gasteiger partial charge in [0.05, 0.1) is 72.7 Å². The Morgan fingerprint density at radius 2 is 1.31 bits per heavy atom. The molecule has 0 atom stereocenters. The summed E-state index contributed by atoms with van der Waals surface area (Å²) in [6.07, 6.45) is -0.432. The van der Waals surface area contributed by atoms with E-state index in [4.69, 9.17) is 38.3 Å². The Hall–Kier alpha value is -2.80. The van der Waals surface area contributed by atoms with Crippen LogP contribution < -0.4 is 4.74 Å². The Morgan fingerprint density at radius 1 is 0.762 bits per heavy atom. The molecule has 0 radical (unpaired) electrons. The molecule has 0 aliphatic heterocycles. The van der Waals surface area contributed by atoms with Crippen LogP contribution in [0.2, 0.25) is 0 Å². The molecule has 236 valence electrons. The SMILES string of the molecule is CC(C)(C)OC(=O)N(CCOCCOCCOCCOCCOCCO)Cc1cccc(OCc2ccc(F)cc2)c1. The second kappa shape index (κ2) is 21.0. The van der Waals surface area contributed by atoms with Crippen molar-refractivity contribution in [1.82, 2.24) is 4.90 Å². The summed E-state index contributed by atoms with van der Waals surface area (Å²) in [6.45, 7) is 10.6. The van der Waals surface area contributed by atoms with Crippen LogP contribution in [-0.2, 0) is 41.6 Å². The lowest BCUT2D eigenvalue weighted by Gasteiger charge is -2.27. The number of rotatable bonds is 22. The lowest BCUT2D eigenvalue weighted by Crippen LogP contribution is -2.38. The molecule has 0 bridgehead atoms. The van der Waals surface area contributed by atoms with Crippen LogP contribution in [0, 0.1) is 5.82 Å². The number of hydrogen-bond donors (Lipinski definition) is 1. The van der Waals surface area contributed by atoms with Crippen LogP contribution in [0.5, 0.6) is 5.75 Å².